The summed E-state index contributed by atoms with van der Waals surface area (Å²) in [4.78, 5) is 10.5. The maximum absolute atomic E-state index is 10.5. The lowest BCUT2D eigenvalue weighted by atomic mass is 9.84. The highest BCUT2D eigenvalue weighted by Crippen LogP contribution is 2.24. The fourth-order valence-electron chi connectivity index (χ4n) is 1.75. The average molecular weight is 251 g/mol. The van der Waals surface area contributed by atoms with Crippen LogP contribution in [0.15, 0.2) is 24.3 Å². The molecule has 0 unspecified atom stereocenters. The molecule has 0 saturated heterocycles. The molecule has 0 aliphatic heterocycles. The molecule has 0 radical (unpaired) electrons. The lowest BCUT2D eigenvalue weighted by Gasteiger charge is -2.25. The Hall–Kier alpha value is -1.55. The quantitative estimate of drug-likeness (QED) is 0.778. The van der Waals surface area contributed by atoms with E-state index in [9.17, 15) is 4.79 Å². The molecular weight excluding hydrogens is 230 g/mol. The zero-order valence-corrected chi connectivity index (χ0v) is 11.2. The molecule has 18 heavy (non-hydrogen) atoms. The van der Waals surface area contributed by atoms with Crippen molar-refractivity contribution in [2.45, 2.75) is 26.2 Å². The lowest BCUT2D eigenvalue weighted by Crippen LogP contribution is -2.35. The van der Waals surface area contributed by atoms with Gasteiger partial charge in [0.1, 0.15) is 5.75 Å². The minimum atomic E-state index is -0.836. The number of ether oxygens (including phenoxy) is 1. The molecule has 0 bridgehead atoms. The summed E-state index contributed by atoms with van der Waals surface area (Å²) in [5, 5.41) is 11.5. The molecule has 0 aliphatic carbocycles. The van der Waals surface area contributed by atoms with Crippen molar-refractivity contribution in [1.82, 2.24) is 5.32 Å². The number of nitrogens with one attached hydrogen (secondary N) is 1. The van der Waals surface area contributed by atoms with Crippen LogP contribution in [0, 0.1) is 0 Å². The number of carboxylic acid groups (broad SMARTS) is 1. The number of benzene rings is 1. The Morgan fingerprint density at radius 1 is 1.33 bits per heavy atom. The van der Waals surface area contributed by atoms with Crippen LogP contribution in [0.4, 0.5) is 0 Å². The van der Waals surface area contributed by atoms with Crippen LogP contribution < -0.4 is 10.1 Å². The van der Waals surface area contributed by atoms with Crippen LogP contribution in [0.5, 0.6) is 5.75 Å². The van der Waals surface area contributed by atoms with Crippen molar-refractivity contribution < 1.29 is 14.6 Å². The predicted molar refractivity (Wildman–Crippen MR) is 71.1 cm³/mol. The van der Waals surface area contributed by atoms with Crippen molar-refractivity contribution in [2.24, 2.45) is 0 Å². The second-order valence-corrected chi connectivity index (χ2v) is 4.84. The van der Waals surface area contributed by atoms with Crippen molar-refractivity contribution in [3.63, 3.8) is 0 Å². The second-order valence-electron chi connectivity index (χ2n) is 4.84. The van der Waals surface area contributed by atoms with Gasteiger partial charge in [-0.05, 0) is 24.6 Å². The van der Waals surface area contributed by atoms with E-state index in [1.54, 1.807) is 0 Å². The SMILES string of the molecule is CCOc1ccc(C(C)(C)CNCC(=O)O)cc1. The number of hydrogen-bond donors (Lipinski definition) is 2. The summed E-state index contributed by atoms with van der Waals surface area (Å²) in [5.41, 5.74) is 1.05. The second kappa shape index (κ2) is 6.40. The molecule has 0 fully saturated rings. The van der Waals surface area contributed by atoms with Gasteiger partial charge in [0.15, 0.2) is 0 Å². The Labute approximate surface area is 108 Å². The maximum Gasteiger partial charge on any atom is 0.317 e. The minimum Gasteiger partial charge on any atom is -0.494 e. The topological polar surface area (TPSA) is 58.6 Å². The highest BCUT2D eigenvalue weighted by atomic mass is 16.5. The summed E-state index contributed by atoms with van der Waals surface area (Å²) in [5.74, 6) is 0.0213. The molecule has 0 saturated carbocycles. The van der Waals surface area contributed by atoms with Crippen molar-refractivity contribution in [3.8, 4) is 5.75 Å². The van der Waals surface area contributed by atoms with E-state index in [1.165, 1.54) is 0 Å². The molecule has 2 N–H and O–H groups in total. The molecule has 0 aromatic heterocycles. The molecule has 0 spiro atoms. The van der Waals surface area contributed by atoms with Gasteiger partial charge in [-0.25, -0.2) is 0 Å². The van der Waals surface area contributed by atoms with Gasteiger partial charge in [0, 0.05) is 12.0 Å². The van der Waals surface area contributed by atoms with Crippen LogP contribution in [0.1, 0.15) is 26.3 Å². The third kappa shape index (κ3) is 4.37. The predicted octanol–water partition coefficient (Wildman–Crippen LogP) is 2.04. The lowest BCUT2D eigenvalue weighted by molar-refractivity contribution is -0.136. The molecule has 1 aromatic rings. The van der Waals surface area contributed by atoms with Gasteiger partial charge >= 0.3 is 5.97 Å². The van der Waals surface area contributed by atoms with E-state index in [4.69, 9.17) is 9.84 Å². The molecular formula is C14H21NO3. The van der Waals surface area contributed by atoms with Crippen molar-refractivity contribution in [3.05, 3.63) is 29.8 Å². The molecule has 0 aliphatic rings. The van der Waals surface area contributed by atoms with Gasteiger partial charge in [-0.15, -0.1) is 0 Å². The molecule has 100 valence electrons. The van der Waals surface area contributed by atoms with E-state index < -0.39 is 5.97 Å². The Morgan fingerprint density at radius 2 is 1.94 bits per heavy atom. The largest absolute Gasteiger partial charge is 0.494 e. The first kappa shape index (κ1) is 14.5. The summed E-state index contributed by atoms with van der Waals surface area (Å²) in [6.45, 7) is 7.37. The van der Waals surface area contributed by atoms with Gasteiger partial charge in [0.25, 0.3) is 0 Å². The molecule has 1 rings (SSSR count). The Morgan fingerprint density at radius 3 is 2.44 bits per heavy atom. The summed E-state index contributed by atoms with van der Waals surface area (Å²) in [6.07, 6.45) is 0. The van der Waals surface area contributed by atoms with E-state index in [2.05, 4.69) is 19.2 Å². The third-order valence-corrected chi connectivity index (χ3v) is 2.79. The molecule has 4 nitrogen and oxygen atoms in total. The van der Waals surface area contributed by atoms with E-state index in [-0.39, 0.29) is 12.0 Å². The van der Waals surface area contributed by atoms with Crippen molar-refractivity contribution >= 4 is 5.97 Å². The Kier molecular flexibility index (Phi) is 5.16. The van der Waals surface area contributed by atoms with Crippen molar-refractivity contribution in [2.75, 3.05) is 19.7 Å². The number of aliphatic carboxylic acids is 1. The summed E-state index contributed by atoms with van der Waals surface area (Å²) >= 11 is 0. The zero-order valence-electron chi connectivity index (χ0n) is 11.2. The standard InChI is InChI=1S/C14H21NO3/c1-4-18-12-7-5-11(6-8-12)14(2,3)10-15-9-13(16)17/h5-8,15H,4,9-10H2,1-3H3,(H,16,17). The van der Waals surface area contributed by atoms with Crippen LogP contribution in [-0.2, 0) is 10.2 Å². The zero-order chi connectivity index (χ0) is 13.6. The van der Waals surface area contributed by atoms with E-state index in [0.717, 1.165) is 11.3 Å². The van der Waals surface area contributed by atoms with E-state index in [0.29, 0.717) is 13.2 Å². The Balaban J connectivity index is 2.63. The highest BCUT2D eigenvalue weighted by Gasteiger charge is 2.20. The normalized spacial score (nSPS) is 11.3. The summed E-state index contributed by atoms with van der Waals surface area (Å²) < 4.78 is 5.39. The molecule has 0 heterocycles. The number of rotatable bonds is 7. The first-order valence-electron chi connectivity index (χ1n) is 6.11. The number of hydrogen-bond acceptors (Lipinski definition) is 3. The van der Waals surface area contributed by atoms with Gasteiger partial charge in [-0.2, -0.15) is 0 Å². The third-order valence-electron chi connectivity index (χ3n) is 2.79. The molecule has 4 heteroatoms. The van der Waals surface area contributed by atoms with Crippen LogP contribution >= 0.6 is 0 Å². The molecule has 1 aromatic carbocycles. The first-order valence-corrected chi connectivity index (χ1v) is 6.11. The summed E-state index contributed by atoms with van der Waals surface area (Å²) in [7, 11) is 0. The number of carbonyl (C=O) groups is 1. The van der Waals surface area contributed by atoms with Crippen molar-refractivity contribution in [1.29, 1.82) is 0 Å². The number of carboxylic acids is 1. The van der Waals surface area contributed by atoms with Crippen LogP contribution in [0.25, 0.3) is 0 Å². The molecule has 0 amide bonds. The average Bonchev–Trinajstić information content (AvgIpc) is 2.29. The van der Waals surface area contributed by atoms with Gasteiger partial charge in [-0.1, -0.05) is 26.0 Å². The van der Waals surface area contributed by atoms with E-state index in [1.807, 2.05) is 31.2 Å². The monoisotopic (exact) mass is 251 g/mol. The summed E-state index contributed by atoms with van der Waals surface area (Å²) in [6, 6.07) is 7.93. The van der Waals surface area contributed by atoms with Crippen LogP contribution in [0.2, 0.25) is 0 Å². The van der Waals surface area contributed by atoms with Crippen LogP contribution in [0.3, 0.4) is 0 Å². The Bertz CT molecular complexity index is 385. The fourth-order valence-corrected chi connectivity index (χ4v) is 1.75. The van der Waals surface area contributed by atoms with Crippen LogP contribution in [-0.4, -0.2) is 30.8 Å². The maximum atomic E-state index is 10.5. The van der Waals surface area contributed by atoms with Gasteiger partial charge < -0.3 is 15.2 Å². The molecule has 0 atom stereocenters. The highest BCUT2D eigenvalue weighted by molar-refractivity contribution is 5.69. The van der Waals surface area contributed by atoms with Gasteiger partial charge in [-0.3, -0.25) is 4.79 Å². The first-order chi connectivity index (χ1) is 8.45. The van der Waals surface area contributed by atoms with E-state index >= 15 is 0 Å². The van der Waals surface area contributed by atoms with Gasteiger partial charge in [0.2, 0.25) is 0 Å². The minimum absolute atomic E-state index is 0.0134. The smallest absolute Gasteiger partial charge is 0.317 e. The van der Waals surface area contributed by atoms with Gasteiger partial charge in [0.05, 0.1) is 13.2 Å². The fraction of sp³-hybridized carbons (Fsp3) is 0.500.